The number of rotatable bonds is 5. The Hall–Kier alpha value is -0.0400. The molecule has 16 heavy (non-hydrogen) atoms. The SMILES string of the molecule is CCC1CCC(NC(C)CC2CCC2)C1C. The van der Waals surface area contributed by atoms with Gasteiger partial charge in [0.15, 0.2) is 0 Å². The van der Waals surface area contributed by atoms with Gasteiger partial charge in [0, 0.05) is 12.1 Å². The van der Waals surface area contributed by atoms with Crippen LogP contribution in [-0.4, -0.2) is 12.1 Å². The van der Waals surface area contributed by atoms with E-state index in [4.69, 9.17) is 0 Å². The van der Waals surface area contributed by atoms with Gasteiger partial charge in [-0.05, 0) is 43.9 Å². The summed E-state index contributed by atoms with van der Waals surface area (Å²) >= 11 is 0. The number of hydrogen-bond acceptors (Lipinski definition) is 1. The fraction of sp³-hybridized carbons (Fsp3) is 1.00. The van der Waals surface area contributed by atoms with E-state index in [-0.39, 0.29) is 0 Å². The lowest BCUT2D eigenvalue weighted by Crippen LogP contribution is -2.40. The standard InChI is InChI=1S/C15H29N/c1-4-14-8-9-15(12(14)3)16-11(2)10-13-6-5-7-13/h11-16H,4-10H2,1-3H3. The minimum absolute atomic E-state index is 0.744. The van der Waals surface area contributed by atoms with Gasteiger partial charge in [-0.2, -0.15) is 0 Å². The van der Waals surface area contributed by atoms with E-state index in [0.29, 0.717) is 0 Å². The van der Waals surface area contributed by atoms with Crippen LogP contribution in [0.5, 0.6) is 0 Å². The zero-order valence-corrected chi connectivity index (χ0v) is 11.3. The van der Waals surface area contributed by atoms with Gasteiger partial charge < -0.3 is 5.32 Å². The lowest BCUT2D eigenvalue weighted by atomic mass is 9.81. The summed E-state index contributed by atoms with van der Waals surface area (Å²) in [5, 5.41) is 3.89. The summed E-state index contributed by atoms with van der Waals surface area (Å²) in [7, 11) is 0. The Morgan fingerprint density at radius 2 is 1.94 bits per heavy atom. The third-order valence-electron chi connectivity index (χ3n) is 5.16. The summed E-state index contributed by atoms with van der Waals surface area (Å²) in [4.78, 5) is 0. The van der Waals surface area contributed by atoms with E-state index in [1.165, 1.54) is 44.9 Å². The molecule has 0 aliphatic heterocycles. The van der Waals surface area contributed by atoms with E-state index in [1.54, 1.807) is 0 Å². The molecule has 1 nitrogen and oxygen atoms in total. The van der Waals surface area contributed by atoms with Crippen LogP contribution >= 0.6 is 0 Å². The quantitative estimate of drug-likeness (QED) is 0.743. The Bertz CT molecular complexity index is 209. The van der Waals surface area contributed by atoms with Crippen molar-refractivity contribution in [3.8, 4) is 0 Å². The van der Waals surface area contributed by atoms with E-state index in [1.807, 2.05) is 0 Å². The summed E-state index contributed by atoms with van der Waals surface area (Å²) in [6.07, 6.45) is 10.1. The maximum atomic E-state index is 3.89. The third-order valence-corrected chi connectivity index (χ3v) is 5.16. The van der Waals surface area contributed by atoms with Crippen molar-refractivity contribution in [3.63, 3.8) is 0 Å². The van der Waals surface area contributed by atoms with Crippen LogP contribution in [0.2, 0.25) is 0 Å². The second kappa shape index (κ2) is 5.53. The van der Waals surface area contributed by atoms with Gasteiger partial charge in [-0.1, -0.05) is 39.5 Å². The third kappa shape index (κ3) is 2.80. The summed E-state index contributed by atoms with van der Waals surface area (Å²) in [5.41, 5.74) is 0. The first-order valence-electron chi connectivity index (χ1n) is 7.46. The van der Waals surface area contributed by atoms with Crippen LogP contribution in [0, 0.1) is 17.8 Å². The Balaban J connectivity index is 1.72. The van der Waals surface area contributed by atoms with Crippen molar-refractivity contribution in [3.05, 3.63) is 0 Å². The Morgan fingerprint density at radius 3 is 2.44 bits per heavy atom. The molecule has 4 atom stereocenters. The molecule has 0 saturated heterocycles. The van der Waals surface area contributed by atoms with Crippen molar-refractivity contribution in [1.29, 1.82) is 0 Å². The fourth-order valence-electron chi connectivity index (χ4n) is 3.72. The van der Waals surface area contributed by atoms with Gasteiger partial charge in [-0.25, -0.2) is 0 Å². The smallest absolute Gasteiger partial charge is 0.00979 e. The van der Waals surface area contributed by atoms with Crippen molar-refractivity contribution in [2.24, 2.45) is 17.8 Å². The minimum atomic E-state index is 0.744. The summed E-state index contributed by atoms with van der Waals surface area (Å²) < 4.78 is 0. The lowest BCUT2D eigenvalue weighted by Gasteiger charge is -2.31. The Morgan fingerprint density at radius 1 is 1.19 bits per heavy atom. The van der Waals surface area contributed by atoms with Crippen LogP contribution in [0.4, 0.5) is 0 Å². The van der Waals surface area contributed by atoms with E-state index in [9.17, 15) is 0 Å². The van der Waals surface area contributed by atoms with Gasteiger partial charge in [-0.3, -0.25) is 0 Å². The van der Waals surface area contributed by atoms with Crippen molar-refractivity contribution < 1.29 is 0 Å². The first-order chi connectivity index (χ1) is 7.70. The van der Waals surface area contributed by atoms with Crippen LogP contribution in [0.1, 0.15) is 65.7 Å². The predicted molar refractivity (Wildman–Crippen MR) is 70.5 cm³/mol. The molecule has 0 aromatic carbocycles. The molecule has 2 rings (SSSR count). The Labute approximate surface area is 101 Å². The molecule has 2 aliphatic rings. The van der Waals surface area contributed by atoms with Gasteiger partial charge in [0.25, 0.3) is 0 Å². The molecule has 2 saturated carbocycles. The molecule has 2 fully saturated rings. The molecular weight excluding hydrogens is 194 g/mol. The van der Waals surface area contributed by atoms with Gasteiger partial charge in [-0.15, -0.1) is 0 Å². The molecule has 0 bridgehead atoms. The molecule has 4 unspecified atom stereocenters. The van der Waals surface area contributed by atoms with Crippen LogP contribution in [0.3, 0.4) is 0 Å². The van der Waals surface area contributed by atoms with Gasteiger partial charge >= 0.3 is 0 Å². The minimum Gasteiger partial charge on any atom is -0.311 e. The number of hydrogen-bond donors (Lipinski definition) is 1. The van der Waals surface area contributed by atoms with Crippen LogP contribution in [0.15, 0.2) is 0 Å². The van der Waals surface area contributed by atoms with Crippen LogP contribution < -0.4 is 5.32 Å². The van der Waals surface area contributed by atoms with Gasteiger partial charge in [0.05, 0.1) is 0 Å². The first kappa shape index (κ1) is 12.4. The van der Waals surface area contributed by atoms with Crippen molar-refractivity contribution >= 4 is 0 Å². The largest absolute Gasteiger partial charge is 0.311 e. The second-order valence-corrected chi connectivity index (χ2v) is 6.31. The molecule has 0 spiro atoms. The van der Waals surface area contributed by atoms with Crippen LogP contribution in [-0.2, 0) is 0 Å². The molecule has 0 radical (unpaired) electrons. The Kier molecular flexibility index (Phi) is 4.29. The molecule has 2 aliphatic carbocycles. The maximum absolute atomic E-state index is 3.89. The molecule has 0 aromatic heterocycles. The molecule has 0 aromatic rings. The van der Waals surface area contributed by atoms with E-state index in [2.05, 4.69) is 26.1 Å². The highest BCUT2D eigenvalue weighted by Gasteiger charge is 2.32. The maximum Gasteiger partial charge on any atom is 0.00979 e. The highest BCUT2D eigenvalue weighted by Crippen LogP contribution is 2.35. The highest BCUT2D eigenvalue weighted by atomic mass is 15.0. The average Bonchev–Trinajstić information content (AvgIpc) is 2.54. The molecule has 1 N–H and O–H groups in total. The van der Waals surface area contributed by atoms with Gasteiger partial charge in [0.1, 0.15) is 0 Å². The number of nitrogens with one attached hydrogen (secondary N) is 1. The van der Waals surface area contributed by atoms with Gasteiger partial charge in [0.2, 0.25) is 0 Å². The normalized spacial score (nSPS) is 37.3. The lowest BCUT2D eigenvalue weighted by molar-refractivity contribution is 0.244. The summed E-state index contributed by atoms with van der Waals surface area (Å²) in [6, 6.07) is 1.55. The summed E-state index contributed by atoms with van der Waals surface area (Å²) in [5.74, 6) is 2.92. The topological polar surface area (TPSA) is 12.0 Å². The zero-order chi connectivity index (χ0) is 11.5. The molecule has 0 amide bonds. The van der Waals surface area contributed by atoms with Crippen molar-refractivity contribution in [2.75, 3.05) is 0 Å². The molecular formula is C15H29N. The molecule has 94 valence electrons. The average molecular weight is 223 g/mol. The van der Waals surface area contributed by atoms with Crippen molar-refractivity contribution in [1.82, 2.24) is 5.32 Å². The second-order valence-electron chi connectivity index (χ2n) is 6.31. The molecule has 0 heterocycles. The summed E-state index contributed by atoms with van der Waals surface area (Å²) in [6.45, 7) is 7.19. The fourth-order valence-corrected chi connectivity index (χ4v) is 3.72. The zero-order valence-electron chi connectivity index (χ0n) is 11.3. The monoisotopic (exact) mass is 223 g/mol. The van der Waals surface area contributed by atoms with Crippen LogP contribution in [0.25, 0.3) is 0 Å². The molecule has 1 heteroatoms. The van der Waals surface area contributed by atoms with Crippen molar-refractivity contribution in [2.45, 2.75) is 77.8 Å². The van der Waals surface area contributed by atoms with E-state index in [0.717, 1.165) is 29.8 Å². The van der Waals surface area contributed by atoms with E-state index < -0.39 is 0 Å². The highest BCUT2D eigenvalue weighted by molar-refractivity contribution is 4.88. The first-order valence-corrected chi connectivity index (χ1v) is 7.46. The van der Waals surface area contributed by atoms with E-state index >= 15 is 0 Å². The predicted octanol–water partition coefficient (Wildman–Crippen LogP) is 3.98.